The number of unbranched alkanes of at least 4 members (excludes halogenated alkanes) is 2. The van der Waals surface area contributed by atoms with Gasteiger partial charge < -0.3 is 10.6 Å². The van der Waals surface area contributed by atoms with Crippen molar-refractivity contribution in [2.75, 3.05) is 11.9 Å². The Morgan fingerprint density at radius 1 is 1.47 bits per heavy atom. The average molecular weight is 283 g/mol. The Hall–Kier alpha value is -1.70. The fourth-order valence-corrected chi connectivity index (χ4v) is 2.52. The normalized spacial score (nSPS) is 17.9. The predicted molar refractivity (Wildman–Crippen MR) is 72.1 cm³/mol. The number of amides is 3. The zero-order valence-corrected chi connectivity index (χ0v) is 11.5. The summed E-state index contributed by atoms with van der Waals surface area (Å²) >= 11 is 1.38. The Bertz CT molecular complexity index is 462. The van der Waals surface area contributed by atoms with Gasteiger partial charge in [-0.25, -0.2) is 4.79 Å². The smallest absolute Gasteiger partial charge is 0.315 e. The fourth-order valence-electron chi connectivity index (χ4n) is 1.74. The molecule has 0 radical (unpaired) electrons. The Balaban J connectivity index is 1.82. The van der Waals surface area contributed by atoms with Crippen LogP contribution in [0.15, 0.2) is 0 Å². The van der Waals surface area contributed by atoms with Crippen LogP contribution in [0.1, 0.15) is 31.2 Å². The van der Waals surface area contributed by atoms with Gasteiger partial charge in [0, 0.05) is 13.0 Å². The monoisotopic (exact) mass is 283 g/mol. The largest absolute Gasteiger partial charge is 0.336 e. The first-order chi connectivity index (χ1) is 9.19. The SMILES string of the molecule is CCCCCc1nnc(NC(=O)C2CNC(=O)N2)s1. The Labute approximate surface area is 115 Å². The Kier molecular flexibility index (Phi) is 4.67. The van der Waals surface area contributed by atoms with Crippen LogP contribution in [0.25, 0.3) is 0 Å². The summed E-state index contributed by atoms with van der Waals surface area (Å²) in [6.45, 7) is 2.45. The van der Waals surface area contributed by atoms with Gasteiger partial charge in [0.05, 0.1) is 0 Å². The summed E-state index contributed by atoms with van der Waals surface area (Å²) in [5.74, 6) is -0.269. The number of carbonyl (C=O) groups excluding carboxylic acids is 2. The van der Waals surface area contributed by atoms with Crippen molar-refractivity contribution >= 4 is 28.4 Å². The van der Waals surface area contributed by atoms with Crippen molar-refractivity contribution in [2.24, 2.45) is 0 Å². The predicted octanol–water partition coefficient (Wildman–Crippen LogP) is 0.891. The molecule has 0 saturated carbocycles. The van der Waals surface area contributed by atoms with Crippen LogP contribution >= 0.6 is 11.3 Å². The van der Waals surface area contributed by atoms with Crippen LogP contribution in [0.2, 0.25) is 0 Å². The zero-order chi connectivity index (χ0) is 13.7. The average Bonchev–Trinajstić information content (AvgIpc) is 2.99. The first kappa shape index (κ1) is 13.7. The number of urea groups is 1. The van der Waals surface area contributed by atoms with Gasteiger partial charge in [-0.1, -0.05) is 31.1 Å². The third-order valence-electron chi connectivity index (χ3n) is 2.78. The van der Waals surface area contributed by atoms with Crippen molar-refractivity contribution in [2.45, 2.75) is 38.6 Å². The second-order valence-electron chi connectivity index (χ2n) is 4.35. The van der Waals surface area contributed by atoms with Gasteiger partial charge in [0.2, 0.25) is 5.13 Å². The first-order valence-electron chi connectivity index (χ1n) is 6.36. The third-order valence-corrected chi connectivity index (χ3v) is 3.68. The van der Waals surface area contributed by atoms with E-state index in [1.165, 1.54) is 17.8 Å². The molecule has 1 aliphatic heterocycles. The number of nitrogens with one attached hydrogen (secondary N) is 3. The molecule has 0 spiro atoms. The van der Waals surface area contributed by atoms with E-state index < -0.39 is 6.04 Å². The molecule has 3 amide bonds. The minimum atomic E-state index is -0.542. The van der Waals surface area contributed by atoms with Gasteiger partial charge in [-0.2, -0.15) is 0 Å². The van der Waals surface area contributed by atoms with Crippen molar-refractivity contribution in [3.8, 4) is 0 Å². The van der Waals surface area contributed by atoms with Gasteiger partial charge in [-0.15, -0.1) is 10.2 Å². The summed E-state index contributed by atoms with van der Waals surface area (Å²) < 4.78 is 0. The summed E-state index contributed by atoms with van der Waals surface area (Å²) in [6, 6.07) is -0.863. The lowest BCUT2D eigenvalue weighted by atomic mass is 10.2. The minimum absolute atomic E-state index is 0.269. The molecule has 0 aromatic carbocycles. The highest BCUT2D eigenvalue weighted by Crippen LogP contribution is 2.17. The van der Waals surface area contributed by atoms with Crippen LogP contribution in [0, 0.1) is 0 Å². The van der Waals surface area contributed by atoms with Crippen molar-refractivity contribution in [3.05, 3.63) is 5.01 Å². The second kappa shape index (κ2) is 6.46. The summed E-state index contributed by atoms with van der Waals surface area (Å²) in [7, 11) is 0. The zero-order valence-electron chi connectivity index (χ0n) is 10.7. The standard InChI is InChI=1S/C11H17N5O2S/c1-2-3-4-5-8-15-16-11(19-8)14-9(17)7-6-12-10(18)13-7/h7H,2-6H2,1H3,(H2,12,13,18)(H,14,16,17). The Morgan fingerprint density at radius 2 is 2.32 bits per heavy atom. The molecular formula is C11H17N5O2S. The van der Waals surface area contributed by atoms with Crippen LogP contribution in [-0.2, 0) is 11.2 Å². The summed E-state index contributed by atoms with van der Waals surface area (Å²) in [4.78, 5) is 22.7. The van der Waals surface area contributed by atoms with E-state index >= 15 is 0 Å². The van der Waals surface area contributed by atoms with E-state index in [9.17, 15) is 9.59 Å². The van der Waals surface area contributed by atoms with Crippen molar-refractivity contribution < 1.29 is 9.59 Å². The molecule has 0 bridgehead atoms. The van der Waals surface area contributed by atoms with Crippen LogP contribution < -0.4 is 16.0 Å². The van der Waals surface area contributed by atoms with Crippen molar-refractivity contribution in [1.29, 1.82) is 0 Å². The highest BCUT2D eigenvalue weighted by molar-refractivity contribution is 7.15. The summed E-state index contributed by atoms with van der Waals surface area (Å²) in [5, 5.41) is 17.1. The van der Waals surface area contributed by atoms with Gasteiger partial charge >= 0.3 is 6.03 Å². The molecule has 2 heterocycles. The number of hydrogen-bond donors (Lipinski definition) is 3. The highest BCUT2D eigenvalue weighted by Gasteiger charge is 2.27. The molecule has 1 fully saturated rings. The molecule has 8 heteroatoms. The molecule has 1 aromatic rings. The lowest BCUT2D eigenvalue weighted by molar-refractivity contribution is -0.117. The van der Waals surface area contributed by atoms with E-state index in [1.807, 2.05) is 0 Å². The molecule has 1 saturated heterocycles. The highest BCUT2D eigenvalue weighted by atomic mass is 32.1. The summed E-state index contributed by atoms with van der Waals surface area (Å²) in [6.07, 6.45) is 4.31. The van der Waals surface area contributed by atoms with E-state index in [0.717, 1.165) is 24.3 Å². The topological polar surface area (TPSA) is 96.0 Å². The molecule has 1 unspecified atom stereocenters. The van der Waals surface area contributed by atoms with E-state index in [4.69, 9.17) is 0 Å². The number of hydrogen-bond acceptors (Lipinski definition) is 5. The molecule has 1 aliphatic rings. The number of nitrogens with zero attached hydrogens (tertiary/aromatic N) is 2. The van der Waals surface area contributed by atoms with E-state index in [1.54, 1.807) is 0 Å². The molecule has 1 atom stereocenters. The van der Waals surface area contributed by atoms with Crippen molar-refractivity contribution in [1.82, 2.24) is 20.8 Å². The molecule has 0 aliphatic carbocycles. The molecule has 1 aromatic heterocycles. The van der Waals surface area contributed by atoms with Crippen molar-refractivity contribution in [3.63, 3.8) is 0 Å². The molecule has 2 rings (SSSR count). The van der Waals surface area contributed by atoms with Gasteiger partial charge in [0.25, 0.3) is 5.91 Å². The number of anilines is 1. The third kappa shape index (κ3) is 3.88. The van der Waals surface area contributed by atoms with Crippen LogP contribution in [0.5, 0.6) is 0 Å². The maximum Gasteiger partial charge on any atom is 0.315 e. The van der Waals surface area contributed by atoms with Gasteiger partial charge in [0.15, 0.2) is 0 Å². The number of aryl methyl sites for hydroxylation is 1. The van der Waals surface area contributed by atoms with Gasteiger partial charge in [-0.3, -0.25) is 10.1 Å². The molecule has 104 valence electrons. The number of rotatable bonds is 6. The first-order valence-corrected chi connectivity index (χ1v) is 7.18. The van der Waals surface area contributed by atoms with Gasteiger partial charge in [0.1, 0.15) is 11.0 Å². The Morgan fingerprint density at radius 3 is 3.00 bits per heavy atom. The van der Waals surface area contributed by atoms with Crippen LogP contribution in [0.4, 0.5) is 9.93 Å². The number of carbonyl (C=O) groups is 2. The lowest BCUT2D eigenvalue weighted by Gasteiger charge is -2.06. The van der Waals surface area contributed by atoms with Crippen LogP contribution in [0.3, 0.4) is 0 Å². The van der Waals surface area contributed by atoms with E-state index in [2.05, 4.69) is 33.1 Å². The molecular weight excluding hydrogens is 266 g/mol. The molecule has 3 N–H and O–H groups in total. The second-order valence-corrected chi connectivity index (χ2v) is 5.42. The van der Waals surface area contributed by atoms with E-state index in [-0.39, 0.29) is 11.9 Å². The van der Waals surface area contributed by atoms with Gasteiger partial charge in [-0.05, 0) is 6.42 Å². The maximum absolute atomic E-state index is 11.8. The number of aromatic nitrogens is 2. The summed E-state index contributed by atoms with van der Waals surface area (Å²) in [5.41, 5.74) is 0. The maximum atomic E-state index is 11.8. The fraction of sp³-hybridized carbons (Fsp3) is 0.636. The molecule has 7 nitrogen and oxygen atoms in total. The quantitative estimate of drug-likeness (QED) is 0.676. The van der Waals surface area contributed by atoms with Crippen LogP contribution in [-0.4, -0.2) is 34.7 Å². The molecule has 19 heavy (non-hydrogen) atoms. The lowest BCUT2D eigenvalue weighted by Crippen LogP contribution is -2.38. The van der Waals surface area contributed by atoms with E-state index in [0.29, 0.717) is 11.7 Å². The minimum Gasteiger partial charge on any atom is -0.336 e.